The van der Waals surface area contributed by atoms with Crippen molar-refractivity contribution in [3.63, 3.8) is 0 Å². The molecule has 0 spiro atoms. The van der Waals surface area contributed by atoms with E-state index in [1.54, 1.807) is 0 Å². The van der Waals surface area contributed by atoms with Gasteiger partial charge in [0.25, 0.3) is 5.91 Å². The minimum atomic E-state index is -2.91. The van der Waals surface area contributed by atoms with E-state index in [2.05, 4.69) is 4.99 Å². The number of thioether (sulfide) groups is 1. The molecule has 3 rings (SSSR count). The molecule has 112 valence electrons. The van der Waals surface area contributed by atoms with Crippen LogP contribution < -0.4 is 0 Å². The summed E-state index contributed by atoms with van der Waals surface area (Å²) >= 11 is 1.46. The zero-order valence-corrected chi connectivity index (χ0v) is 13.3. The van der Waals surface area contributed by atoms with Crippen LogP contribution in [0.25, 0.3) is 0 Å². The number of amidine groups is 1. The summed E-state index contributed by atoms with van der Waals surface area (Å²) in [5.41, 5.74) is 0. The number of carbonyl (C=O) groups is 1. The van der Waals surface area contributed by atoms with Gasteiger partial charge in [0.2, 0.25) is 0 Å². The summed E-state index contributed by atoms with van der Waals surface area (Å²) in [6.45, 7) is 0. The van der Waals surface area contributed by atoms with Crippen molar-refractivity contribution in [3.05, 3.63) is 0 Å². The Morgan fingerprint density at radius 3 is 2.60 bits per heavy atom. The molecule has 0 aromatic carbocycles. The molecule has 3 fully saturated rings. The van der Waals surface area contributed by atoms with Crippen molar-refractivity contribution in [1.82, 2.24) is 4.90 Å². The molecule has 2 atom stereocenters. The van der Waals surface area contributed by atoms with Crippen LogP contribution in [0.2, 0.25) is 0 Å². The van der Waals surface area contributed by atoms with Gasteiger partial charge in [0, 0.05) is 18.2 Å². The predicted molar refractivity (Wildman–Crippen MR) is 80.6 cm³/mol. The second-order valence-electron chi connectivity index (χ2n) is 5.98. The lowest BCUT2D eigenvalue weighted by atomic mass is 9.89. The van der Waals surface area contributed by atoms with Gasteiger partial charge in [-0.25, -0.2) is 8.42 Å². The Bertz CT molecular complexity index is 538. The molecule has 2 saturated heterocycles. The number of rotatable bonds is 1. The highest BCUT2D eigenvalue weighted by Gasteiger charge is 2.47. The van der Waals surface area contributed by atoms with Gasteiger partial charge in [-0.15, -0.1) is 0 Å². The molecule has 0 bridgehead atoms. The van der Waals surface area contributed by atoms with E-state index in [1.807, 2.05) is 11.9 Å². The van der Waals surface area contributed by atoms with E-state index >= 15 is 0 Å². The van der Waals surface area contributed by atoms with Gasteiger partial charge in [0.1, 0.15) is 0 Å². The third-order valence-electron chi connectivity index (χ3n) is 4.49. The third kappa shape index (κ3) is 2.74. The number of aliphatic imine (C=N–C) groups is 1. The fourth-order valence-electron chi connectivity index (χ4n) is 3.27. The van der Waals surface area contributed by atoms with Gasteiger partial charge >= 0.3 is 0 Å². The van der Waals surface area contributed by atoms with E-state index in [-0.39, 0.29) is 34.6 Å². The van der Waals surface area contributed by atoms with Gasteiger partial charge in [0.05, 0.1) is 17.5 Å². The smallest absolute Gasteiger partial charge is 0.251 e. The highest BCUT2D eigenvalue weighted by molar-refractivity contribution is 8.15. The molecule has 1 saturated carbocycles. The van der Waals surface area contributed by atoms with Crippen molar-refractivity contribution in [2.75, 3.05) is 18.6 Å². The molecular formula is C13H20N2O3S2. The standard InChI is InChI=1S/C13H20N2O3S2/c1-15-10-7-20(17,18)8-11(10)19-13(15)14-12(16)9-5-3-2-4-6-9/h9-11H,2-8H2,1H3/t10-,11+/m1/s1. The largest absolute Gasteiger partial charge is 0.349 e. The first-order valence-electron chi connectivity index (χ1n) is 7.19. The summed E-state index contributed by atoms with van der Waals surface area (Å²) < 4.78 is 23.2. The summed E-state index contributed by atoms with van der Waals surface area (Å²) in [5, 5.41) is 0.758. The molecule has 0 N–H and O–H groups in total. The number of nitrogens with zero attached hydrogens (tertiary/aromatic N) is 2. The van der Waals surface area contributed by atoms with Gasteiger partial charge in [-0.3, -0.25) is 4.79 Å². The quantitative estimate of drug-likeness (QED) is 0.729. The molecule has 1 aliphatic carbocycles. The van der Waals surface area contributed by atoms with Crippen LogP contribution in [0.3, 0.4) is 0 Å². The van der Waals surface area contributed by atoms with E-state index in [4.69, 9.17) is 0 Å². The Morgan fingerprint density at radius 2 is 1.95 bits per heavy atom. The maximum Gasteiger partial charge on any atom is 0.251 e. The van der Waals surface area contributed by atoms with E-state index in [9.17, 15) is 13.2 Å². The minimum absolute atomic E-state index is 0.0112. The van der Waals surface area contributed by atoms with Gasteiger partial charge < -0.3 is 4.90 Å². The highest BCUT2D eigenvalue weighted by atomic mass is 32.2. The van der Waals surface area contributed by atoms with E-state index in [0.717, 1.165) is 25.7 Å². The first-order chi connectivity index (χ1) is 9.46. The van der Waals surface area contributed by atoms with Crippen molar-refractivity contribution < 1.29 is 13.2 Å². The maximum absolute atomic E-state index is 12.2. The fourth-order valence-corrected chi connectivity index (χ4v) is 7.27. The van der Waals surface area contributed by atoms with Crippen LogP contribution in [0.4, 0.5) is 0 Å². The zero-order valence-electron chi connectivity index (χ0n) is 11.6. The van der Waals surface area contributed by atoms with E-state index in [0.29, 0.717) is 5.17 Å². The average molecular weight is 316 g/mol. The number of sulfone groups is 1. The van der Waals surface area contributed by atoms with Crippen LogP contribution in [-0.4, -0.2) is 54.2 Å². The Kier molecular flexibility index (Phi) is 3.83. The maximum atomic E-state index is 12.2. The third-order valence-corrected chi connectivity index (χ3v) is 7.79. The number of hydrogen-bond acceptors (Lipinski definition) is 4. The number of fused-ring (bicyclic) bond motifs is 1. The summed E-state index contributed by atoms with van der Waals surface area (Å²) in [4.78, 5) is 18.4. The molecule has 5 nitrogen and oxygen atoms in total. The van der Waals surface area contributed by atoms with Gasteiger partial charge in [-0.2, -0.15) is 4.99 Å². The SMILES string of the molecule is CN1C(=NC(=O)C2CCCCC2)S[C@H]2CS(=O)(=O)C[C@H]21. The van der Waals surface area contributed by atoms with Crippen molar-refractivity contribution in [1.29, 1.82) is 0 Å². The van der Waals surface area contributed by atoms with Crippen LogP contribution in [0, 0.1) is 5.92 Å². The lowest BCUT2D eigenvalue weighted by molar-refractivity contribution is -0.122. The first kappa shape index (κ1) is 14.4. The van der Waals surface area contributed by atoms with Crippen molar-refractivity contribution >= 4 is 32.7 Å². The zero-order chi connectivity index (χ0) is 14.3. The number of hydrogen-bond donors (Lipinski definition) is 0. The number of carbonyl (C=O) groups excluding carboxylic acids is 1. The minimum Gasteiger partial charge on any atom is -0.349 e. The molecule has 3 aliphatic rings. The molecule has 20 heavy (non-hydrogen) atoms. The molecular weight excluding hydrogens is 296 g/mol. The second-order valence-corrected chi connectivity index (χ2v) is 9.34. The molecule has 0 aromatic heterocycles. The van der Waals surface area contributed by atoms with Crippen LogP contribution in [0.15, 0.2) is 4.99 Å². The lowest BCUT2D eigenvalue weighted by Crippen LogP contribution is -2.34. The van der Waals surface area contributed by atoms with Gasteiger partial charge in [-0.05, 0) is 12.8 Å². The van der Waals surface area contributed by atoms with Crippen LogP contribution in [0.5, 0.6) is 0 Å². The molecule has 0 radical (unpaired) electrons. The summed E-state index contributed by atoms with van der Waals surface area (Å²) in [7, 11) is -1.06. The summed E-state index contributed by atoms with van der Waals surface area (Å²) in [6.07, 6.45) is 5.36. The van der Waals surface area contributed by atoms with E-state index in [1.165, 1.54) is 18.2 Å². The monoisotopic (exact) mass is 316 g/mol. The molecule has 0 aromatic rings. The fraction of sp³-hybridized carbons (Fsp3) is 0.846. The van der Waals surface area contributed by atoms with Crippen molar-refractivity contribution in [2.24, 2.45) is 10.9 Å². The first-order valence-corrected chi connectivity index (χ1v) is 9.89. The Morgan fingerprint density at radius 1 is 1.25 bits per heavy atom. The summed E-state index contributed by atoms with van der Waals surface area (Å²) in [6, 6.07) is -0.0112. The Labute approximate surface area is 124 Å². The molecule has 7 heteroatoms. The van der Waals surface area contributed by atoms with Crippen molar-refractivity contribution in [2.45, 2.75) is 43.4 Å². The summed E-state index contributed by atoms with van der Waals surface area (Å²) in [5.74, 6) is 0.470. The molecule has 2 heterocycles. The predicted octanol–water partition coefficient (Wildman–Crippen LogP) is 1.29. The molecule has 0 unspecified atom stereocenters. The average Bonchev–Trinajstić information content (AvgIpc) is 2.85. The van der Waals surface area contributed by atoms with Crippen molar-refractivity contribution in [3.8, 4) is 0 Å². The normalized spacial score (nSPS) is 35.5. The Hall–Kier alpha value is -0.560. The topological polar surface area (TPSA) is 66.8 Å². The van der Waals surface area contributed by atoms with Crippen LogP contribution in [0.1, 0.15) is 32.1 Å². The van der Waals surface area contributed by atoms with Gasteiger partial charge in [0.15, 0.2) is 15.0 Å². The van der Waals surface area contributed by atoms with E-state index < -0.39 is 9.84 Å². The highest BCUT2D eigenvalue weighted by Crippen LogP contribution is 2.37. The van der Waals surface area contributed by atoms with Crippen LogP contribution >= 0.6 is 11.8 Å². The Balaban J connectivity index is 1.70. The lowest BCUT2D eigenvalue weighted by Gasteiger charge is -2.20. The molecule has 2 aliphatic heterocycles. The second kappa shape index (κ2) is 5.33. The number of amides is 1. The van der Waals surface area contributed by atoms with Crippen LogP contribution in [-0.2, 0) is 14.6 Å². The van der Waals surface area contributed by atoms with Gasteiger partial charge in [-0.1, -0.05) is 31.0 Å². The molecule has 1 amide bonds.